The van der Waals surface area contributed by atoms with Crippen molar-refractivity contribution in [2.24, 2.45) is 5.92 Å². The Balaban J connectivity index is 2.98. The van der Waals surface area contributed by atoms with Gasteiger partial charge in [0.25, 0.3) is 0 Å². The third-order valence-corrected chi connectivity index (χ3v) is 2.79. The number of nitrogens with zero attached hydrogens (tertiary/aromatic N) is 2. The number of aryl methyl sites for hydroxylation is 1. The molecule has 0 spiro atoms. The van der Waals surface area contributed by atoms with Crippen molar-refractivity contribution in [3.8, 4) is 5.88 Å². The Morgan fingerprint density at radius 1 is 1.18 bits per heavy atom. The molecule has 1 unspecified atom stereocenters. The number of aromatic nitrogens is 2. The van der Waals surface area contributed by atoms with Crippen molar-refractivity contribution >= 4 is 5.82 Å². The van der Waals surface area contributed by atoms with Crippen LogP contribution in [-0.2, 0) is 0 Å². The van der Waals surface area contributed by atoms with E-state index >= 15 is 0 Å². The summed E-state index contributed by atoms with van der Waals surface area (Å²) in [5.74, 6) is 2.75. The molecule has 0 fully saturated rings. The summed E-state index contributed by atoms with van der Waals surface area (Å²) in [4.78, 5) is 8.74. The van der Waals surface area contributed by atoms with Crippen LogP contribution in [0.3, 0.4) is 0 Å². The van der Waals surface area contributed by atoms with E-state index in [1.54, 1.807) is 0 Å². The maximum atomic E-state index is 5.88. The summed E-state index contributed by atoms with van der Waals surface area (Å²) in [6.07, 6.45) is 0.150. The minimum absolute atomic E-state index is 0.150. The molecule has 1 heterocycles. The van der Waals surface area contributed by atoms with Gasteiger partial charge in [-0.1, -0.05) is 13.8 Å². The van der Waals surface area contributed by atoms with E-state index in [-0.39, 0.29) is 6.10 Å². The molecule has 0 aliphatic carbocycles. The number of anilines is 1. The molecule has 1 rings (SSSR count). The summed E-state index contributed by atoms with van der Waals surface area (Å²) in [7, 11) is 0. The van der Waals surface area contributed by atoms with E-state index in [2.05, 4.69) is 36.1 Å². The van der Waals surface area contributed by atoms with Crippen LogP contribution >= 0.6 is 0 Å². The Labute approximate surface area is 104 Å². The summed E-state index contributed by atoms with van der Waals surface area (Å²) in [5.41, 5.74) is 0.977. The molecule has 0 saturated carbocycles. The van der Waals surface area contributed by atoms with Crippen LogP contribution in [-0.4, -0.2) is 22.6 Å². The lowest BCUT2D eigenvalue weighted by molar-refractivity contribution is 0.161. The molecule has 1 aromatic rings. The SMILES string of the molecule is CCNc1nc(C)nc(OC(C)C(C)C)c1C. The predicted octanol–water partition coefficient (Wildman–Crippen LogP) is 2.95. The van der Waals surface area contributed by atoms with Crippen LogP contribution in [0.4, 0.5) is 5.82 Å². The van der Waals surface area contributed by atoms with E-state index in [0.29, 0.717) is 11.8 Å². The average molecular weight is 237 g/mol. The fourth-order valence-corrected chi connectivity index (χ4v) is 1.37. The van der Waals surface area contributed by atoms with E-state index in [9.17, 15) is 0 Å². The molecule has 0 aliphatic heterocycles. The first-order valence-corrected chi connectivity index (χ1v) is 6.21. The molecule has 0 saturated heterocycles. The molecule has 96 valence electrons. The highest BCUT2D eigenvalue weighted by atomic mass is 16.5. The van der Waals surface area contributed by atoms with Gasteiger partial charge in [-0.05, 0) is 33.6 Å². The molecule has 4 heteroatoms. The van der Waals surface area contributed by atoms with Crippen LogP contribution in [0.25, 0.3) is 0 Å². The molecular weight excluding hydrogens is 214 g/mol. The zero-order chi connectivity index (χ0) is 13.0. The van der Waals surface area contributed by atoms with Crippen molar-refractivity contribution < 1.29 is 4.74 Å². The molecule has 0 bridgehead atoms. The fourth-order valence-electron chi connectivity index (χ4n) is 1.37. The van der Waals surface area contributed by atoms with Gasteiger partial charge in [0.2, 0.25) is 5.88 Å². The maximum Gasteiger partial charge on any atom is 0.222 e. The quantitative estimate of drug-likeness (QED) is 0.855. The first-order chi connectivity index (χ1) is 7.95. The molecule has 1 atom stereocenters. The Kier molecular flexibility index (Phi) is 4.73. The largest absolute Gasteiger partial charge is 0.474 e. The van der Waals surface area contributed by atoms with Crippen molar-refractivity contribution in [2.45, 2.75) is 47.6 Å². The number of hydrogen-bond donors (Lipinski definition) is 1. The van der Waals surface area contributed by atoms with E-state index in [1.165, 1.54) is 0 Å². The van der Waals surface area contributed by atoms with Gasteiger partial charge in [-0.25, -0.2) is 4.98 Å². The average Bonchev–Trinajstić information content (AvgIpc) is 2.24. The van der Waals surface area contributed by atoms with E-state index < -0.39 is 0 Å². The number of hydrogen-bond acceptors (Lipinski definition) is 4. The molecule has 0 aliphatic rings. The summed E-state index contributed by atoms with van der Waals surface area (Å²) in [6, 6.07) is 0. The van der Waals surface area contributed by atoms with Gasteiger partial charge >= 0.3 is 0 Å². The lowest BCUT2D eigenvalue weighted by atomic mass is 10.1. The van der Waals surface area contributed by atoms with Gasteiger partial charge in [-0.2, -0.15) is 4.98 Å². The van der Waals surface area contributed by atoms with E-state index in [4.69, 9.17) is 4.74 Å². The van der Waals surface area contributed by atoms with Gasteiger partial charge in [0.05, 0.1) is 11.7 Å². The minimum Gasteiger partial charge on any atom is -0.474 e. The highest BCUT2D eigenvalue weighted by molar-refractivity contribution is 5.48. The summed E-state index contributed by atoms with van der Waals surface area (Å²) >= 11 is 0. The highest BCUT2D eigenvalue weighted by Crippen LogP contribution is 2.23. The monoisotopic (exact) mass is 237 g/mol. The number of nitrogens with one attached hydrogen (secondary N) is 1. The lowest BCUT2D eigenvalue weighted by Crippen LogP contribution is -2.20. The topological polar surface area (TPSA) is 47.0 Å². The molecule has 1 N–H and O–H groups in total. The highest BCUT2D eigenvalue weighted by Gasteiger charge is 2.14. The van der Waals surface area contributed by atoms with Crippen LogP contribution < -0.4 is 10.1 Å². The summed E-state index contributed by atoms with van der Waals surface area (Å²) < 4.78 is 5.88. The van der Waals surface area contributed by atoms with E-state index in [1.807, 2.05) is 20.8 Å². The van der Waals surface area contributed by atoms with Crippen molar-refractivity contribution in [3.05, 3.63) is 11.4 Å². The molecule has 4 nitrogen and oxygen atoms in total. The van der Waals surface area contributed by atoms with Crippen LogP contribution in [0.15, 0.2) is 0 Å². The fraction of sp³-hybridized carbons (Fsp3) is 0.692. The second-order valence-corrected chi connectivity index (χ2v) is 4.65. The predicted molar refractivity (Wildman–Crippen MR) is 70.6 cm³/mol. The van der Waals surface area contributed by atoms with Crippen LogP contribution in [0.1, 0.15) is 39.1 Å². The third kappa shape index (κ3) is 3.58. The van der Waals surface area contributed by atoms with Gasteiger partial charge in [0.15, 0.2) is 0 Å². The van der Waals surface area contributed by atoms with Gasteiger partial charge in [0, 0.05) is 6.54 Å². The van der Waals surface area contributed by atoms with Crippen LogP contribution in [0.2, 0.25) is 0 Å². The van der Waals surface area contributed by atoms with Gasteiger partial charge in [-0.15, -0.1) is 0 Å². The van der Waals surface area contributed by atoms with Crippen molar-refractivity contribution in [1.82, 2.24) is 9.97 Å². The van der Waals surface area contributed by atoms with E-state index in [0.717, 1.165) is 23.8 Å². The number of ether oxygens (including phenoxy) is 1. The zero-order valence-corrected chi connectivity index (χ0v) is 11.7. The normalized spacial score (nSPS) is 12.6. The number of rotatable bonds is 5. The van der Waals surface area contributed by atoms with Crippen LogP contribution in [0.5, 0.6) is 5.88 Å². The molecule has 17 heavy (non-hydrogen) atoms. The minimum atomic E-state index is 0.150. The second-order valence-electron chi connectivity index (χ2n) is 4.65. The smallest absolute Gasteiger partial charge is 0.222 e. The second kappa shape index (κ2) is 5.84. The summed E-state index contributed by atoms with van der Waals surface area (Å²) in [6.45, 7) is 13.1. The van der Waals surface area contributed by atoms with Crippen molar-refractivity contribution in [1.29, 1.82) is 0 Å². The Morgan fingerprint density at radius 2 is 1.82 bits per heavy atom. The Bertz CT molecular complexity index is 377. The van der Waals surface area contributed by atoms with Gasteiger partial charge in [-0.3, -0.25) is 0 Å². The molecule has 1 aromatic heterocycles. The van der Waals surface area contributed by atoms with Gasteiger partial charge < -0.3 is 10.1 Å². The van der Waals surface area contributed by atoms with Crippen molar-refractivity contribution in [3.63, 3.8) is 0 Å². The molecular formula is C13H23N3O. The Morgan fingerprint density at radius 3 is 2.35 bits per heavy atom. The zero-order valence-electron chi connectivity index (χ0n) is 11.7. The lowest BCUT2D eigenvalue weighted by Gasteiger charge is -2.20. The van der Waals surface area contributed by atoms with Crippen LogP contribution in [0, 0.1) is 19.8 Å². The maximum absolute atomic E-state index is 5.88. The first kappa shape index (κ1) is 13.7. The molecule has 0 radical (unpaired) electrons. The summed E-state index contributed by atoms with van der Waals surface area (Å²) in [5, 5.41) is 3.23. The first-order valence-electron chi connectivity index (χ1n) is 6.21. The Hall–Kier alpha value is -1.32. The molecule has 0 aromatic carbocycles. The third-order valence-electron chi connectivity index (χ3n) is 2.79. The molecule has 0 amide bonds. The standard InChI is InChI=1S/C13H23N3O/c1-7-14-12-9(4)13(16-11(6)15-12)17-10(5)8(2)3/h8,10H,7H2,1-6H3,(H,14,15,16). The van der Waals surface area contributed by atoms with Gasteiger partial charge in [0.1, 0.15) is 11.6 Å². The van der Waals surface area contributed by atoms with Crippen molar-refractivity contribution in [2.75, 3.05) is 11.9 Å².